The second kappa shape index (κ2) is 8.80. The maximum atomic E-state index is 11.0. The highest BCUT2D eigenvalue weighted by Crippen LogP contribution is 2.35. The van der Waals surface area contributed by atoms with Crippen molar-refractivity contribution in [2.45, 2.75) is 44.6 Å². The fourth-order valence-corrected chi connectivity index (χ4v) is 4.13. The van der Waals surface area contributed by atoms with E-state index in [0.717, 1.165) is 6.04 Å². The Morgan fingerprint density at radius 3 is 2.25 bits per heavy atom. The van der Waals surface area contributed by atoms with Gasteiger partial charge in [0.1, 0.15) is 0 Å². The van der Waals surface area contributed by atoms with Gasteiger partial charge in [-0.15, -0.1) is 0 Å². The maximum Gasteiger partial charge on any atom is 0.335 e. The van der Waals surface area contributed by atoms with Crippen molar-refractivity contribution in [3.8, 4) is 5.75 Å². The highest BCUT2D eigenvalue weighted by atomic mass is 79.9. The molecule has 1 rings (SSSR count). The van der Waals surface area contributed by atoms with Crippen molar-refractivity contribution in [1.82, 2.24) is 0 Å². The Morgan fingerprint density at radius 1 is 1.25 bits per heavy atom. The fraction of sp³-hybridized carbons (Fsp3) is 0.562. The Balaban J connectivity index is 2.66. The van der Waals surface area contributed by atoms with Gasteiger partial charge in [-0.1, -0.05) is 19.6 Å². The molecule has 136 valence electrons. The summed E-state index contributed by atoms with van der Waals surface area (Å²) in [6.07, 6.45) is -0.00742. The van der Waals surface area contributed by atoms with Gasteiger partial charge in [-0.2, -0.15) is 0 Å². The lowest BCUT2D eigenvalue weighted by Crippen LogP contribution is -2.37. The lowest BCUT2D eigenvalue weighted by atomic mass is 9.97. The van der Waals surface area contributed by atoms with Crippen LogP contribution >= 0.6 is 31.9 Å². The Labute approximate surface area is 160 Å². The molecule has 0 heterocycles. The minimum absolute atomic E-state index is 0.00742. The molecule has 24 heavy (non-hydrogen) atoms. The number of ether oxygens (including phenoxy) is 2. The molecule has 0 aliphatic rings. The smallest absolute Gasteiger partial charge is 0.335 e. The molecule has 0 amide bonds. The van der Waals surface area contributed by atoms with E-state index in [1.54, 1.807) is 12.1 Å². The van der Waals surface area contributed by atoms with Gasteiger partial charge < -0.3 is 19.7 Å². The predicted molar refractivity (Wildman–Crippen MR) is 103 cm³/mol. The number of rotatable bonds is 9. The molecule has 0 aliphatic carbocycles. The summed E-state index contributed by atoms with van der Waals surface area (Å²) < 4.78 is 12.5. The van der Waals surface area contributed by atoms with E-state index in [2.05, 4.69) is 51.5 Å². The Bertz CT molecular complexity index is 561. The van der Waals surface area contributed by atoms with E-state index in [0.29, 0.717) is 26.9 Å². The average molecular weight is 484 g/mol. The van der Waals surface area contributed by atoms with E-state index in [1.165, 1.54) is 6.92 Å². The summed E-state index contributed by atoms with van der Waals surface area (Å²) in [6, 6.07) is 4.54. The minimum Gasteiger partial charge on any atom is -0.479 e. The molecular weight excluding hydrogens is 460 g/mol. The number of carbonyl (C=O) groups is 1. The van der Waals surface area contributed by atoms with E-state index in [4.69, 9.17) is 14.6 Å². The highest BCUT2D eigenvalue weighted by molar-refractivity contribution is 9.11. The Hall–Kier alpha value is -0.413. The van der Waals surface area contributed by atoms with Crippen LogP contribution in [0.1, 0.15) is 12.5 Å². The number of hydrogen-bond donors (Lipinski definition) is 2. The van der Waals surface area contributed by atoms with E-state index in [1.807, 2.05) is 0 Å². The van der Waals surface area contributed by atoms with Gasteiger partial charge in [0, 0.05) is 21.1 Å². The van der Waals surface area contributed by atoms with Crippen LogP contribution in [0.4, 0.5) is 0 Å². The van der Waals surface area contributed by atoms with Crippen molar-refractivity contribution in [3.05, 3.63) is 26.6 Å². The molecule has 0 saturated heterocycles. The third-order valence-electron chi connectivity index (χ3n) is 3.35. The van der Waals surface area contributed by atoms with E-state index < -0.39 is 19.6 Å². The van der Waals surface area contributed by atoms with Gasteiger partial charge in [0.25, 0.3) is 0 Å². The lowest BCUT2D eigenvalue weighted by Gasteiger charge is -2.19. The van der Waals surface area contributed by atoms with Crippen LogP contribution in [0.2, 0.25) is 25.7 Å². The number of hydrogen-bond acceptors (Lipinski definition) is 4. The predicted octanol–water partition coefficient (Wildman–Crippen LogP) is 4.28. The number of aliphatic carboxylic acids is 1. The molecule has 0 spiro atoms. The summed E-state index contributed by atoms with van der Waals surface area (Å²) in [5, 5.41) is 18.9. The van der Waals surface area contributed by atoms with Crippen molar-refractivity contribution in [3.63, 3.8) is 0 Å². The zero-order valence-electron chi connectivity index (χ0n) is 14.4. The molecule has 1 aromatic carbocycles. The molecule has 2 N–H and O–H groups in total. The van der Waals surface area contributed by atoms with Crippen LogP contribution in [0.3, 0.4) is 0 Å². The largest absolute Gasteiger partial charge is 0.479 e. The van der Waals surface area contributed by atoms with E-state index >= 15 is 0 Å². The number of halogens is 2. The summed E-state index contributed by atoms with van der Waals surface area (Å²) >= 11 is 6.82. The van der Waals surface area contributed by atoms with Gasteiger partial charge in [0.15, 0.2) is 18.1 Å². The average Bonchev–Trinajstić information content (AvgIpc) is 2.39. The second-order valence-electron chi connectivity index (χ2n) is 7.13. The van der Waals surface area contributed by atoms with Crippen molar-refractivity contribution in [2.24, 2.45) is 0 Å². The quantitative estimate of drug-likeness (QED) is 0.311. The number of carboxylic acid groups (broad SMARTS) is 1. The fourth-order valence-electron chi connectivity index (χ4n) is 1.86. The molecule has 0 aliphatic heterocycles. The number of aliphatic hydroxyl groups is 1. The molecule has 0 aromatic heterocycles. The Morgan fingerprint density at radius 2 is 1.79 bits per heavy atom. The lowest BCUT2D eigenvalue weighted by molar-refractivity contribution is -0.156. The van der Waals surface area contributed by atoms with Crippen LogP contribution in [-0.2, 0) is 16.0 Å². The first-order chi connectivity index (χ1) is 10.9. The molecule has 1 aromatic rings. The summed E-state index contributed by atoms with van der Waals surface area (Å²) in [5.41, 5.74) is -1.14. The van der Waals surface area contributed by atoms with Gasteiger partial charge >= 0.3 is 5.97 Å². The molecular formula is C16H24Br2O5Si. The van der Waals surface area contributed by atoms with Crippen molar-refractivity contribution in [1.29, 1.82) is 0 Å². The van der Waals surface area contributed by atoms with Crippen LogP contribution in [0.25, 0.3) is 0 Å². The molecule has 8 heteroatoms. The minimum atomic E-state index is -1.82. The van der Waals surface area contributed by atoms with Crippen LogP contribution in [0.5, 0.6) is 5.75 Å². The molecule has 0 saturated carbocycles. The van der Waals surface area contributed by atoms with Crippen molar-refractivity contribution < 1.29 is 24.5 Å². The zero-order chi connectivity index (χ0) is 18.5. The summed E-state index contributed by atoms with van der Waals surface area (Å²) in [5.74, 6) is -0.674. The maximum absolute atomic E-state index is 11.0. The van der Waals surface area contributed by atoms with Gasteiger partial charge in [-0.05, 0) is 62.5 Å². The van der Waals surface area contributed by atoms with Crippen LogP contribution in [0, 0.1) is 0 Å². The van der Waals surface area contributed by atoms with Crippen LogP contribution in [0.15, 0.2) is 21.1 Å². The van der Waals surface area contributed by atoms with Gasteiger partial charge in [-0.25, -0.2) is 4.79 Å². The van der Waals surface area contributed by atoms with Gasteiger partial charge in [-0.3, -0.25) is 0 Å². The monoisotopic (exact) mass is 482 g/mol. The first-order valence-corrected chi connectivity index (χ1v) is 12.9. The molecule has 0 unspecified atom stereocenters. The van der Waals surface area contributed by atoms with Crippen molar-refractivity contribution in [2.75, 3.05) is 13.4 Å². The third kappa shape index (κ3) is 7.22. The van der Waals surface area contributed by atoms with Gasteiger partial charge in [0.05, 0.1) is 8.95 Å². The second-order valence-corrected chi connectivity index (χ2v) is 14.5. The molecule has 5 nitrogen and oxygen atoms in total. The number of benzene rings is 1. The van der Waals surface area contributed by atoms with E-state index in [-0.39, 0.29) is 13.2 Å². The molecule has 0 radical (unpaired) electrons. The van der Waals surface area contributed by atoms with Crippen LogP contribution in [-0.4, -0.2) is 43.3 Å². The topological polar surface area (TPSA) is 76.0 Å². The molecule has 0 bridgehead atoms. The molecule has 1 atom stereocenters. The highest BCUT2D eigenvalue weighted by Gasteiger charge is 2.30. The summed E-state index contributed by atoms with van der Waals surface area (Å²) in [4.78, 5) is 11.0. The van der Waals surface area contributed by atoms with Gasteiger partial charge in [0.2, 0.25) is 0 Å². The normalized spacial score (nSPS) is 14.3. The zero-order valence-corrected chi connectivity index (χ0v) is 18.5. The standard InChI is InChI=1S/C16H24Br2O5Si/c1-16(21,15(19)20)9-11-7-12(17)14(13(18)8-11)23-10-22-5-6-24(2,3)4/h7-8,21H,5-6,9-10H2,1-4H3,(H,19,20)/t16-/m1/s1. The SMILES string of the molecule is C[C@@](O)(Cc1cc(Br)c(OCOCC[Si](C)(C)C)c(Br)c1)C(=O)O. The molecule has 0 fully saturated rings. The van der Waals surface area contributed by atoms with Crippen molar-refractivity contribution >= 4 is 45.9 Å². The first-order valence-electron chi connectivity index (χ1n) is 7.56. The first kappa shape index (κ1) is 21.6. The summed E-state index contributed by atoms with van der Waals surface area (Å²) in [7, 11) is -1.12. The summed E-state index contributed by atoms with van der Waals surface area (Å²) in [6.45, 7) is 8.95. The van der Waals surface area contributed by atoms with Crippen LogP contribution < -0.4 is 4.74 Å². The Kier molecular flexibility index (Phi) is 7.93. The van der Waals surface area contributed by atoms with E-state index in [9.17, 15) is 9.90 Å². The third-order valence-corrected chi connectivity index (χ3v) is 6.23. The number of carboxylic acids is 1.